The van der Waals surface area contributed by atoms with E-state index in [2.05, 4.69) is 15.1 Å². The summed E-state index contributed by atoms with van der Waals surface area (Å²) in [6, 6.07) is 0. The third-order valence-electron chi connectivity index (χ3n) is 2.48. The highest BCUT2D eigenvalue weighted by Crippen LogP contribution is 2.24. The quantitative estimate of drug-likeness (QED) is 0.825. The van der Waals surface area contributed by atoms with Crippen LogP contribution in [-0.2, 0) is 4.74 Å². The Labute approximate surface area is 121 Å². The molecule has 0 atom stereocenters. The van der Waals surface area contributed by atoms with Crippen LogP contribution in [0.15, 0.2) is 18.7 Å². The van der Waals surface area contributed by atoms with Crippen LogP contribution in [0.4, 0.5) is 5.69 Å². The third-order valence-corrected chi connectivity index (χ3v) is 2.48. The molecule has 21 heavy (non-hydrogen) atoms. The molecule has 8 heteroatoms. The Morgan fingerprint density at radius 1 is 1.43 bits per heavy atom. The maximum atomic E-state index is 11.6. The molecule has 2 aromatic heterocycles. The van der Waals surface area contributed by atoms with E-state index in [9.17, 15) is 4.79 Å². The number of esters is 1. The van der Waals surface area contributed by atoms with Crippen molar-refractivity contribution in [3.05, 3.63) is 24.3 Å². The van der Waals surface area contributed by atoms with Crippen LogP contribution in [0.3, 0.4) is 0 Å². The number of hydrogen-bond acceptors (Lipinski definition) is 7. The molecule has 0 spiro atoms. The molecule has 0 aliphatic carbocycles. The van der Waals surface area contributed by atoms with Crippen LogP contribution >= 0.6 is 0 Å². The number of anilines is 1. The van der Waals surface area contributed by atoms with Crippen molar-refractivity contribution in [1.82, 2.24) is 19.7 Å². The maximum absolute atomic E-state index is 11.6. The minimum absolute atomic E-state index is 0.0669. The van der Waals surface area contributed by atoms with Gasteiger partial charge in [-0.3, -0.25) is 0 Å². The summed E-state index contributed by atoms with van der Waals surface area (Å²) in [5.74, 6) is 0.175. The summed E-state index contributed by atoms with van der Waals surface area (Å²) in [6.07, 6.45) is 4.15. The van der Waals surface area contributed by atoms with Crippen LogP contribution in [0.5, 0.6) is 5.88 Å². The van der Waals surface area contributed by atoms with Crippen LogP contribution in [0.2, 0.25) is 0 Å². The van der Waals surface area contributed by atoms with Gasteiger partial charge in [0.2, 0.25) is 5.88 Å². The Balaban J connectivity index is 2.32. The molecule has 0 aliphatic rings. The monoisotopic (exact) mass is 291 g/mol. The minimum Gasteiger partial charge on any atom is -0.473 e. The van der Waals surface area contributed by atoms with Gasteiger partial charge in [0.15, 0.2) is 5.82 Å². The number of nitrogens with two attached hydrogens (primary N) is 1. The van der Waals surface area contributed by atoms with E-state index in [0.717, 1.165) is 0 Å². The highest BCUT2D eigenvalue weighted by atomic mass is 16.5. The van der Waals surface area contributed by atoms with Crippen molar-refractivity contribution in [3.63, 3.8) is 0 Å². The van der Waals surface area contributed by atoms with E-state index in [1.165, 1.54) is 23.4 Å². The Bertz CT molecular complexity index is 638. The first-order valence-corrected chi connectivity index (χ1v) is 6.52. The van der Waals surface area contributed by atoms with Crippen molar-refractivity contribution in [3.8, 4) is 11.7 Å². The minimum atomic E-state index is -0.449. The van der Waals surface area contributed by atoms with Crippen LogP contribution < -0.4 is 10.5 Å². The molecular weight excluding hydrogens is 274 g/mol. The molecule has 0 fully saturated rings. The molecule has 0 bridgehead atoms. The summed E-state index contributed by atoms with van der Waals surface area (Å²) >= 11 is 0. The zero-order chi connectivity index (χ0) is 15.4. The van der Waals surface area contributed by atoms with Gasteiger partial charge in [0.25, 0.3) is 0 Å². The SMILES string of the molecule is CCOC(=O)c1cnn(-c2ncnc(OC(C)C)c2N)c1. The number of ether oxygens (including phenoxy) is 2. The van der Waals surface area contributed by atoms with Gasteiger partial charge in [-0.15, -0.1) is 0 Å². The number of carbonyl (C=O) groups excluding carboxylic acids is 1. The molecule has 0 aliphatic heterocycles. The molecule has 0 radical (unpaired) electrons. The van der Waals surface area contributed by atoms with Gasteiger partial charge in [0.05, 0.1) is 24.5 Å². The lowest BCUT2D eigenvalue weighted by Gasteiger charge is -2.12. The van der Waals surface area contributed by atoms with Crippen molar-refractivity contribution >= 4 is 11.7 Å². The lowest BCUT2D eigenvalue weighted by atomic mass is 10.4. The molecule has 0 saturated carbocycles. The Morgan fingerprint density at radius 2 is 2.19 bits per heavy atom. The second-order valence-corrected chi connectivity index (χ2v) is 4.48. The Hall–Kier alpha value is -2.64. The van der Waals surface area contributed by atoms with Gasteiger partial charge in [-0.2, -0.15) is 10.1 Å². The summed E-state index contributed by atoms with van der Waals surface area (Å²) in [7, 11) is 0. The van der Waals surface area contributed by atoms with Crippen molar-refractivity contribution in [1.29, 1.82) is 0 Å². The molecule has 2 aromatic rings. The number of carbonyl (C=O) groups is 1. The highest BCUT2D eigenvalue weighted by molar-refractivity contribution is 5.88. The Morgan fingerprint density at radius 3 is 2.86 bits per heavy atom. The molecule has 0 amide bonds. The van der Waals surface area contributed by atoms with Crippen LogP contribution in [0.25, 0.3) is 5.82 Å². The molecule has 0 aromatic carbocycles. The van der Waals surface area contributed by atoms with E-state index in [0.29, 0.717) is 18.0 Å². The average Bonchev–Trinajstić information content (AvgIpc) is 2.90. The first-order valence-electron chi connectivity index (χ1n) is 6.52. The van der Waals surface area contributed by atoms with Gasteiger partial charge in [0, 0.05) is 6.20 Å². The van der Waals surface area contributed by atoms with Crippen molar-refractivity contribution < 1.29 is 14.3 Å². The highest BCUT2D eigenvalue weighted by Gasteiger charge is 2.15. The molecule has 2 rings (SSSR count). The standard InChI is InChI=1S/C13H17N5O3/c1-4-20-13(19)9-5-17-18(6-9)11-10(14)12(16-7-15-11)21-8(2)3/h5-8H,4,14H2,1-3H3. The summed E-state index contributed by atoms with van der Waals surface area (Å²) in [4.78, 5) is 19.7. The van der Waals surface area contributed by atoms with Crippen LogP contribution in [0, 0.1) is 0 Å². The fourth-order valence-corrected chi connectivity index (χ4v) is 1.63. The fourth-order valence-electron chi connectivity index (χ4n) is 1.63. The van der Waals surface area contributed by atoms with Crippen molar-refractivity contribution in [2.24, 2.45) is 0 Å². The average molecular weight is 291 g/mol. The third kappa shape index (κ3) is 3.28. The zero-order valence-corrected chi connectivity index (χ0v) is 12.1. The molecule has 0 saturated heterocycles. The molecule has 0 unspecified atom stereocenters. The first kappa shape index (κ1) is 14.8. The van der Waals surface area contributed by atoms with Crippen LogP contribution in [0.1, 0.15) is 31.1 Å². The van der Waals surface area contributed by atoms with E-state index in [4.69, 9.17) is 15.2 Å². The number of nitrogens with zero attached hydrogens (tertiary/aromatic N) is 4. The van der Waals surface area contributed by atoms with E-state index in [1.54, 1.807) is 6.92 Å². The Kier molecular flexibility index (Phi) is 4.36. The van der Waals surface area contributed by atoms with Gasteiger partial charge in [-0.05, 0) is 20.8 Å². The largest absolute Gasteiger partial charge is 0.473 e. The number of rotatable bonds is 5. The summed E-state index contributed by atoms with van der Waals surface area (Å²) in [5, 5.41) is 4.06. The predicted octanol–water partition coefficient (Wildman–Crippen LogP) is 1.21. The maximum Gasteiger partial charge on any atom is 0.341 e. The van der Waals surface area contributed by atoms with Crippen molar-refractivity contribution in [2.45, 2.75) is 26.9 Å². The van der Waals surface area contributed by atoms with Gasteiger partial charge in [-0.1, -0.05) is 0 Å². The molecule has 2 N–H and O–H groups in total. The number of hydrogen-bond donors (Lipinski definition) is 1. The molecule has 2 heterocycles. The van der Waals surface area contributed by atoms with E-state index >= 15 is 0 Å². The van der Waals surface area contributed by atoms with E-state index in [1.807, 2.05) is 13.8 Å². The molecular formula is C13H17N5O3. The fraction of sp³-hybridized carbons (Fsp3) is 0.385. The van der Waals surface area contributed by atoms with Gasteiger partial charge in [-0.25, -0.2) is 14.5 Å². The zero-order valence-electron chi connectivity index (χ0n) is 12.1. The lowest BCUT2D eigenvalue weighted by molar-refractivity contribution is 0.0526. The predicted molar refractivity (Wildman–Crippen MR) is 75.3 cm³/mol. The van der Waals surface area contributed by atoms with Crippen molar-refractivity contribution in [2.75, 3.05) is 12.3 Å². The molecule has 112 valence electrons. The number of nitrogen functional groups attached to an aromatic ring is 1. The second kappa shape index (κ2) is 6.21. The van der Waals surface area contributed by atoms with Crippen LogP contribution in [-0.4, -0.2) is 38.4 Å². The van der Waals surface area contributed by atoms with Gasteiger partial charge < -0.3 is 15.2 Å². The summed E-state index contributed by atoms with van der Waals surface area (Å²) in [6.45, 7) is 5.77. The van der Waals surface area contributed by atoms with Gasteiger partial charge in [0.1, 0.15) is 12.0 Å². The number of aromatic nitrogens is 4. The molecule has 8 nitrogen and oxygen atoms in total. The first-order chi connectivity index (χ1) is 10.0. The normalized spacial score (nSPS) is 10.7. The van der Waals surface area contributed by atoms with E-state index in [-0.39, 0.29) is 17.7 Å². The smallest absolute Gasteiger partial charge is 0.341 e. The summed E-state index contributed by atoms with van der Waals surface area (Å²) in [5.41, 5.74) is 6.56. The summed E-state index contributed by atoms with van der Waals surface area (Å²) < 4.78 is 11.8. The lowest BCUT2D eigenvalue weighted by Crippen LogP contribution is -2.12. The second-order valence-electron chi connectivity index (χ2n) is 4.48. The van der Waals surface area contributed by atoms with Gasteiger partial charge >= 0.3 is 5.97 Å². The van der Waals surface area contributed by atoms with E-state index < -0.39 is 5.97 Å². The topological polar surface area (TPSA) is 105 Å².